The van der Waals surface area contributed by atoms with E-state index in [2.05, 4.69) is 0 Å². The van der Waals surface area contributed by atoms with E-state index in [1.807, 2.05) is 72.7 Å². The number of carbonyl (C=O) groups is 2. The number of hydrogen-bond donors (Lipinski definition) is 0. The normalized spacial score (nSPS) is 11.1. The first kappa shape index (κ1) is 23.8. The molecule has 0 spiro atoms. The highest BCUT2D eigenvalue weighted by Gasteiger charge is 2.28. The molecule has 164 valence electrons. The first-order chi connectivity index (χ1) is 15.0. The second-order valence-corrected chi connectivity index (χ2v) is 9.55. The molecule has 0 aromatic heterocycles. The summed E-state index contributed by atoms with van der Waals surface area (Å²) < 4.78 is 11.9. The lowest BCUT2D eigenvalue weighted by Crippen LogP contribution is -2.21. The van der Waals surface area contributed by atoms with Crippen LogP contribution >= 0.6 is 8.46 Å². The molecule has 0 aliphatic carbocycles. The summed E-state index contributed by atoms with van der Waals surface area (Å²) in [7, 11) is -0.170. The molecule has 0 unspecified atom stereocenters. The molecule has 0 atom stereocenters. The fraction of sp³-hybridized carbons (Fsp3) is 0.286. The highest BCUT2D eigenvalue weighted by molar-refractivity contribution is 7.34. The Hall–Kier alpha value is -2.90. The van der Waals surface area contributed by atoms with Crippen LogP contribution in [0.1, 0.15) is 76.4 Å². The summed E-state index contributed by atoms with van der Waals surface area (Å²) in [6, 6.07) is 9.69. The maximum absolute atomic E-state index is 14.0. The molecule has 0 heterocycles. The predicted octanol–water partition coefficient (Wildman–Crippen LogP) is 6.53. The summed E-state index contributed by atoms with van der Waals surface area (Å²) in [5, 5.41) is 0.530. The van der Waals surface area contributed by atoms with E-state index in [4.69, 9.17) is 0 Å². The summed E-state index contributed by atoms with van der Waals surface area (Å²) in [5.41, 5.74) is 8.90. The molecule has 0 bridgehead atoms. The van der Waals surface area contributed by atoms with Gasteiger partial charge in [-0.1, -0.05) is 35.4 Å². The minimum Gasteiger partial charge on any atom is -0.289 e. The van der Waals surface area contributed by atoms with Crippen LogP contribution in [-0.4, -0.2) is 11.6 Å². The molecule has 3 nitrogen and oxygen atoms in total. The summed E-state index contributed by atoms with van der Waals surface area (Å²) in [6.07, 6.45) is 0. The zero-order valence-electron chi connectivity index (χ0n) is 20.1. The number of carbonyl (C=O) groups excluding carboxylic acids is 2. The fourth-order valence-corrected chi connectivity index (χ4v) is 5.39. The van der Waals surface area contributed by atoms with Crippen LogP contribution in [0.15, 0.2) is 30.3 Å². The van der Waals surface area contributed by atoms with Crippen LogP contribution in [0.3, 0.4) is 0 Å². The van der Waals surface area contributed by atoms with E-state index in [1.165, 1.54) is 0 Å². The Morgan fingerprint density at radius 3 is 1.25 bits per heavy atom. The van der Waals surface area contributed by atoms with Crippen molar-refractivity contribution in [2.75, 3.05) is 0 Å². The van der Waals surface area contributed by atoms with Crippen molar-refractivity contribution in [3.63, 3.8) is 0 Å². The van der Waals surface area contributed by atoms with Crippen LogP contribution in [0.25, 0.3) is 0 Å². The Kier molecular flexibility index (Phi) is 6.62. The molecule has 0 fully saturated rings. The fourth-order valence-electron chi connectivity index (χ4n) is 4.90. The van der Waals surface area contributed by atoms with Crippen LogP contribution in [-0.2, 0) is 4.57 Å². The largest absolute Gasteiger partial charge is 0.289 e. The third-order valence-corrected chi connectivity index (χ3v) is 6.78. The van der Waals surface area contributed by atoms with Crippen LogP contribution in [0, 0.1) is 55.4 Å². The third-order valence-electron chi connectivity index (χ3n) is 6.12. The monoisotopic (exact) mass is 444 g/mol. The SMILES string of the molecule is Cc1cc(C)c(C(=O)c2c(C)cc(P=O)c(C)c2C(=O)c2c(C)cc(C)cc2C)c(C)c1. The van der Waals surface area contributed by atoms with E-state index < -0.39 is 0 Å². The maximum atomic E-state index is 14.0. The summed E-state index contributed by atoms with van der Waals surface area (Å²) in [5.74, 6) is -0.364. The van der Waals surface area contributed by atoms with Gasteiger partial charge >= 0.3 is 0 Å². The molecule has 3 aromatic carbocycles. The molecule has 0 aliphatic rings. The Balaban J connectivity index is 2.38. The lowest BCUT2D eigenvalue weighted by molar-refractivity contribution is 0.100. The molecule has 0 aliphatic heterocycles. The van der Waals surface area contributed by atoms with Crippen LogP contribution < -0.4 is 5.30 Å². The van der Waals surface area contributed by atoms with Crippen molar-refractivity contribution >= 4 is 25.3 Å². The van der Waals surface area contributed by atoms with E-state index in [1.54, 1.807) is 13.0 Å². The van der Waals surface area contributed by atoms with Crippen molar-refractivity contribution in [2.45, 2.75) is 55.4 Å². The topological polar surface area (TPSA) is 51.2 Å². The first-order valence-corrected chi connectivity index (χ1v) is 11.5. The molecule has 3 rings (SSSR count). The molecule has 0 saturated carbocycles. The van der Waals surface area contributed by atoms with Crippen molar-refractivity contribution in [2.24, 2.45) is 0 Å². The van der Waals surface area contributed by atoms with Gasteiger partial charge in [0.15, 0.2) is 20.0 Å². The Labute approximate surface area is 192 Å². The van der Waals surface area contributed by atoms with E-state index in [0.717, 1.165) is 33.4 Å². The second kappa shape index (κ2) is 8.92. The number of benzene rings is 3. The standard InChI is InChI=1S/C28H29O3P/c1-14-9-16(3)23(17(4)10-14)27(29)25-20(7)13-22(32-31)21(8)26(25)28(30)24-18(5)11-15(2)12-19(24)6/h9-13H,1-8H3. The zero-order valence-corrected chi connectivity index (χ0v) is 21.0. The Morgan fingerprint density at radius 1 is 0.531 bits per heavy atom. The van der Waals surface area contributed by atoms with Gasteiger partial charge in [0.05, 0.1) is 0 Å². The van der Waals surface area contributed by atoms with E-state index in [0.29, 0.717) is 38.7 Å². The van der Waals surface area contributed by atoms with Gasteiger partial charge in [-0.05, 0) is 94.8 Å². The molecule has 0 N–H and O–H groups in total. The molecule has 0 radical (unpaired) electrons. The minimum atomic E-state index is -0.197. The number of ketones is 2. The van der Waals surface area contributed by atoms with Gasteiger partial charge in [0.25, 0.3) is 0 Å². The second-order valence-electron chi connectivity index (χ2n) is 8.88. The Bertz CT molecular complexity index is 1250. The Morgan fingerprint density at radius 2 is 0.875 bits per heavy atom. The van der Waals surface area contributed by atoms with Gasteiger partial charge in [-0.25, -0.2) is 0 Å². The highest BCUT2D eigenvalue weighted by Crippen LogP contribution is 2.30. The van der Waals surface area contributed by atoms with E-state index >= 15 is 0 Å². The highest BCUT2D eigenvalue weighted by atomic mass is 31.1. The number of hydrogen-bond acceptors (Lipinski definition) is 3. The molecule has 0 saturated heterocycles. The van der Waals surface area contributed by atoms with E-state index in [-0.39, 0.29) is 20.0 Å². The smallest absolute Gasteiger partial charge is 0.194 e. The van der Waals surface area contributed by atoms with E-state index in [9.17, 15) is 14.2 Å². The average Bonchev–Trinajstić information content (AvgIpc) is 2.67. The van der Waals surface area contributed by atoms with Crippen LogP contribution in [0.2, 0.25) is 0 Å². The quantitative estimate of drug-likeness (QED) is 0.332. The molecule has 32 heavy (non-hydrogen) atoms. The summed E-state index contributed by atoms with van der Waals surface area (Å²) in [4.78, 5) is 27.9. The van der Waals surface area contributed by atoms with Crippen molar-refractivity contribution in [3.8, 4) is 0 Å². The number of rotatable bonds is 5. The lowest BCUT2D eigenvalue weighted by atomic mass is 9.83. The van der Waals surface area contributed by atoms with Crippen molar-refractivity contribution in [1.29, 1.82) is 0 Å². The van der Waals surface area contributed by atoms with Gasteiger partial charge < -0.3 is 0 Å². The van der Waals surface area contributed by atoms with Gasteiger partial charge in [0.1, 0.15) is 0 Å². The summed E-state index contributed by atoms with van der Waals surface area (Å²) in [6.45, 7) is 15.3. The van der Waals surface area contributed by atoms with Crippen LogP contribution in [0.4, 0.5) is 0 Å². The number of aryl methyl sites for hydroxylation is 7. The van der Waals surface area contributed by atoms with Gasteiger partial charge in [-0.2, -0.15) is 0 Å². The average molecular weight is 445 g/mol. The minimum absolute atomic E-state index is 0.166. The molecule has 3 aromatic rings. The van der Waals surface area contributed by atoms with Gasteiger partial charge in [0.2, 0.25) is 0 Å². The van der Waals surface area contributed by atoms with Crippen LogP contribution in [0.5, 0.6) is 0 Å². The summed E-state index contributed by atoms with van der Waals surface area (Å²) >= 11 is 0. The molecular formula is C28H29O3P. The predicted molar refractivity (Wildman–Crippen MR) is 131 cm³/mol. The van der Waals surface area contributed by atoms with Gasteiger partial charge in [0, 0.05) is 27.6 Å². The lowest BCUT2D eigenvalue weighted by Gasteiger charge is -2.19. The van der Waals surface area contributed by atoms with Crippen molar-refractivity contribution < 1.29 is 14.2 Å². The first-order valence-electron chi connectivity index (χ1n) is 10.7. The van der Waals surface area contributed by atoms with Gasteiger partial charge in [-0.3, -0.25) is 14.2 Å². The molecule has 4 heteroatoms. The molecular weight excluding hydrogens is 415 g/mol. The molecule has 0 amide bonds. The van der Waals surface area contributed by atoms with Gasteiger partial charge in [-0.15, -0.1) is 0 Å². The van der Waals surface area contributed by atoms with Crippen molar-refractivity contribution in [1.82, 2.24) is 0 Å². The third kappa shape index (κ3) is 4.10. The van der Waals surface area contributed by atoms with Crippen molar-refractivity contribution in [3.05, 3.63) is 97.1 Å². The zero-order chi connectivity index (χ0) is 23.9. The maximum Gasteiger partial charge on any atom is 0.194 e.